The van der Waals surface area contributed by atoms with Gasteiger partial charge in [0.2, 0.25) is 5.91 Å². The Morgan fingerprint density at radius 2 is 1.74 bits per heavy atom. The Labute approximate surface area is 183 Å². The van der Waals surface area contributed by atoms with Crippen LogP contribution < -0.4 is 5.32 Å². The van der Waals surface area contributed by atoms with Gasteiger partial charge in [-0.1, -0.05) is 62.4 Å². The van der Waals surface area contributed by atoms with Crippen LogP contribution in [0.15, 0.2) is 60.8 Å². The minimum Gasteiger partial charge on any atom is -0.508 e. The molecule has 1 aliphatic rings. The summed E-state index contributed by atoms with van der Waals surface area (Å²) in [6.07, 6.45) is 9.86. The summed E-state index contributed by atoms with van der Waals surface area (Å²) in [7, 11) is 0. The van der Waals surface area contributed by atoms with E-state index in [0.29, 0.717) is 24.6 Å². The molecule has 1 amide bonds. The van der Waals surface area contributed by atoms with Crippen molar-refractivity contribution in [2.45, 2.75) is 51.4 Å². The number of aryl methyl sites for hydroxylation is 1. The van der Waals surface area contributed by atoms with Crippen LogP contribution in [0.3, 0.4) is 0 Å². The maximum Gasteiger partial charge on any atom is 0.225 e. The van der Waals surface area contributed by atoms with Gasteiger partial charge in [-0.15, -0.1) is 0 Å². The van der Waals surface area contributed by atoms with Crippen molar-refractivity contribution in [3.05, 3.63) is 72.1 Å². The number of phenols is 1. The molecule has 1 heterocycles. The maximum atomic E-state index is 12.6. The molecule has 0 radical (unpaired) electrons. The quantitative estimate of drug-likeness (QED) is 0.531. The fourth-order valence-electron chi connectivity index (χ4n) is 4.21. The first-order valence-electron chi connectivity index (χ1n) is 11.2. The highest BCUT2D eigenvalue weighted by Gasteiger charge is 2.19. The molecule has 1 aromatic heterocycles. The van der Waals surface area contributed by atoms with Gasteiger partial charge in [0.05, 0.1) is 17.6 Å². The number of rotatable bonds is 7. The number of aromatic hydroxyl groups is 1. The number of hydrogen-bond acceptors (Lipinski definition) is 4. The molecule has 160 valence electrons. The fourth-order valence-corrected chi connectivity index (χ4v) is 4.21. The summed E-state index contributed by atoms with van der Waals surface area (Å²) in [6, 6.07) is 17.0. The Morgan fingerprint density at radius 1 is 1.00 bits per heavy atom. The summed E-state index contributed by atoms with van der Waals surface area (Å²) in [5.74, 6) is 1.34. The van der Waals surface area contributed by atoms with Crippen molar-refractivity contribution in [1.29, 1.82) is 0 Å². The summed E-state index contributed by atoms with van der Waals surface area (Å²) >= 11 is 0. The van der Waals surface area contributed by atoms with Crippen LogP contribution in [0.2, 0.25) is 0 Å². The molecule has 5 heteroatoms. The molecule has 4 rings (SSSR count). The van der Waals surface area contributed by atoms with Crippen LogP contribution in [0.4, 0.5) is 5.82 Å². The molecule has 0 aliphatic heterocycles. The van der Waals surface area contributed by atoms with Gasteiger partial charge in [0, 0.05) is 12.0 Å². The predicted octanol–water partition coefficient (Wildman–Crippen LogP) is 5.54. The second-order valence-corrected chi connectivity index (χ2v) is 8.34. The third-order valence-corrected chi connectivity index (χ3v) is 5.96. The van der Waals surface area contributed by atoms with Gasteiger partial charge in [0.15, 0.2) is 5.82 Å². The number of carbonyl (C=O) groups excluding carboxylic acids is 1. The largest absolute Gasteiger partial charge is 0.508 e. The summed E-state index contributed by atoms with van der Waals surface area (Å²) in [6.45, 7) is 0. The molecule has 2 N–H and O–H groups in total. The summed E-state index contributed by atoms with van der Waals surface area (Å²) in [4.78, 5) is 22.1. The van der Waals surface area contributed by atoms with E-state index in [-0.39, 0.29) is 11.7 Å². The number of aromatic nitrogens is 2. The van der Waals surface area contributed by atoms with E-state index >= 15 is 0 Å². The summed E-state index contributed by atoms with van der Waals surface area (Å²) in [5.41, 5.74) is 3.66. The summed E-state index contributed by atoms with van der Waals surface area (Å²) in [5, 5.41) is 12.6. The topological polar surface area (TPSA) is 75.1 Å². The summed E-state index contributed by atoms with van der Waals surface area (Å²) < 4.78 is 0. The molecule has 0 saturated heterocycles. The highest BCUT2D eigenvalue weighted by molar-refractivity contribution is 5.90. The van der Waals surface area contributed by atoms with Crippen LogP contribution in [-0.2, 0) is 17.6 Å². The highest BCUT2D eigenvalue weighted by Crippen LogP contribution is 2.29. The first kappa shape index (κ1) is 21.0. The SMILES string of the molecule is O=C(CCc1ccccc1)Nc1ncc(-c2ccc(O)cc2)nc1CC1CCCCC1. The minimum absolute atomic E-state index is 0.0413. The molecule has 1 aliphatic carbocycles. The van der Waals surface area contributed by atoms with Crippen LogP contribution in [0.25, 0.3) is 11.3 Å². The van der Waals surface area contributed by atoms with E-state index in [1.165, 1.54) is 32.1 Å². The Balaban J connectivity index is 1.51. The lowest BCUT2D eigenvalue weighted by Crippen LogP contribution is -2.18. The molecule has 0 atom stereocenters. The molecule has 1 saturated carbocycles. The monoisotopic (exact) mass is 415 g/mol. The van der Waals surface area contributed by atoms with E-state index in [1.807, 2.05) is 42.5 Å². The Hall–Kier alpha value is -3.21. The third kappa shape index (κ3) is 5.91. The second kappa shape index (κ2) is 10.2. The third-order valence-electron chi connectivity index (χ3n) is 5.96. The fraction of sp³-hybridized carbons (Fsp3) is 0.346. The van der Waals surface area contributed by atoms with Gasteiger partial charge >= 0.3 is 0 Å². The van der Waals surface area contributed by atoms with Crippen molar-refractivity contribution in [2.24, 2.45) is 5.92 Å². The first-order valence-corrected chi connectivity index (χ1v) is 11.2. The van der Waals surface area contributed by atoms with Crippen molar-refractivity contribution < 1.29 is 9.90 Å². The molecule has 2 aromatic carbocycles. The molecule has 5 nitrogen and oxygen atoms in total. The normalized spacial score (nSPS) is 14.3. The van der Waals surface area contributed by atoms with Crippen molar-refractivity contribution >= 4 is 11.7 Å². The number of benzene rings is 2. The highest BCUT2D eigenvalue weighted by atomic mass is 16.3. The van der Waals surface area contributed by atoms with Crippen molar-refractivity contribution in [3.63, 3.8) is 0 Å². The minimum atomic E-state index is -0.0413. The van der Waals surface area contributed by atoms with Gasteiger partial charge in [-0.3, -0.25) is 4.79 Å². The van der Waals surface area contributed by atoms with Gasteiger partial charge in [0.1, 0.15) is 5.75 Å². The van der Waals surface area contributed by atoms with E-state index in [1.54, 1.807) is 18.3 Å². The molecule has 0 unspecified atom stereocenters. The zero-order valence-electron chi connectivity index (χ0n) is 17.8. The zero-order chi connectivity index (χ0) is 21.5. The van der Waals surface area contributed by atoms with Gasteiger partial charge in [-0.2, -0.15) is 0 Å². The molecule has 0 bridgehead atoms. The van der Waals surface area contributed by atoms with E-state index in [9.17, 15) is 9.90 Å². The van der Waals surface area contributed by atoms with Crippen molar-refractivity contribution in [3.8, 4) is 17.0 Å². The average molecular weight is 416 g/mol. The lowest BCUT2D eigenvalue weighted by atomic mass is 9.86. The lowest BCUT2D eigenvalue weighted by molar-refractivity contribution is -0.116. The Morgan fingerprint density at radius 3 is 2.48 bits per heavy atom. The molecule has 31 heavy (non-hydrogen) atoms. The van der Waals surface area contributed by atoms with Crippen LogP contribution in [0.5, 0.6) is 5.75 Å². The van der Waals surface area contributed by atoms with Crippen LogP contribution in [0.1, 0.15) is 49.8 Å². The van der Waals surface area contributed by atoms with Gasteiger partial charge in [0.25, 0.3) is 0 Å². The Bertz CT molecular complexity index is 997. The number of hydrogen-bond donors (Lipinski definition) is 2. The van der Waals surface area contributed by atoms with Crippen LogP contribution >= 0.6 is 0 Å². The smallest absolute Gasteiger partial charge is 0.225 e. The Kier molecular flexibility index (Phi) is 6.92. The maximum absolute atomic E-state index is 12.6. The number of carbonyl (C=O) groups is 1. The molecule has 3 aromatic rings. The van der Waals surface area contributed by atoms with Crippen LogP contribution in [0, 0.1) is 5.92 Å². The van der Waals surface area contributed by atoms with Gasteiger partial charge in [-0.05, 0) is 48.6 Å². The molecular formula is C26H29N3O2. The average Bonchev–Trinajstić information content (AvgIpc) is 2.81. The van der Waals surface area contributed by atoms with E-state index < -0.39 is 0 Å². The van der Waals surface area contributed by atoms with E-state index in [2.05, 4.69) is 10.3 Å². The number of amides is 1. The molecule has 1 fully saturated rings. The molecule has 0 spiro atoms. The zero-order valence-corrected chi connectivity index (χ0v) is 17.8. The number of nitrogens with one attached hydrogen (secondary N) is 1. The van der Waals surface area contributed by atoms with Crippen LogP contribution in [-0.4, -0.2) is 21.0 Å². The van der Waals surface area contributed by atoms with Crippen molar-refractivity contribution in [1.82, 2.24) is 9.97 Å². The second-order valence-electron chi connectivity index (χ2n) is 8.34. The van der Waals surface area contributed by atoms with E-state index in [4.69, 9.17) is 4.98 Å². The van der Waals surface area contributed by atoms with Crippen molar-refractivity contribution in [2.75, 3.05) is 5.32 Å². The number of phenolic OH excluding ortho intramolecular Hbond substituents is 1. The molecular weight excluding hydrogens is 386 g/mol. The first-order chi connectivity index (χ1) is 15.2. The lowest BCUT2D eigenvalue weighted by Gasteiger charge is -2.22. The number of nitrogens with zero attached hydrogens (tertiary/aromatic N) is 2. The van der Waals surface area contributed by atoms with Gasteiger partial charge < -0.3 is 10.4 Å². The standard InChI is InChI=1S/C26H29N3O2/c30-22-14-12-21(13-15-22)24-18-27-26(23(28-24)17-20-9-5-2-6-10-20)29-25(31)16-11-19-7-3-1-4-8-19/h1,3-4,7-8,12-15,18,20,30H,2,5-6,9-11,16-17H2,(H,27,29,31). The van der Waals surface area contributed by atoms with Gasteiger partial charge in [-0.25, -0.2) is 9.97 Å². The van der Waals surface area contributed by atoms with E-state index in [0.717, 1.165) is 28.9 Å². The number of anilines is 1. The predicted molar refractivity (Wildman–Crippen MR) is 123 cm³/mol.